The molecule has 6 nitrogen and oxygen atoms in total. The van der Waals surface area contributed by atoms with Crippen LogP contribution in [0.4, 0.5) is 11.4 Å². The molecule has 26 heavy (non-hydrogen) atoms. The first kappa shape index (κ1) is 19.0. The van der Waals surface area contributed by atoms with E-state index in [1.807, 2.05) is 37.3 Å². The Labute approximate surface area is 166 Å². The quantitative estimate of drug-likeness (QED) is 0.677. The summed E-state index contributed by atoms with van der Waals surface area (Å²) in [5.74, 6) is 0.0920. The van der Waals surface area contributed by atoms with E-state index in [0.29, 0.717) is 17.1 Å². The summed E-state index contributed by atoms with van der Waals surface area (Å²) in [5, 5.41) is 2.83. The summed E-state index contributed by atoms with van der Waals surface area (Å²) < 4.78 is 32.6. The van der Waals surface area contributed by atoms with Crippen molar-refractivity contribution in [3.63, 3.8) is 0 Å². The van der Waals surface area contributed by atoms with Crippen molar-refractivity contribution >= 4 is 49.9 Å². The monoisotopic (exact) mass is 486 g/mol. The Balaban J connectivity index is 1.86. The van der Waals surface area contributed by atoms with Crippen LogP contribution < -0.4 is 14.4 Å². The summed E-state index contributed by atoms with van der Waals surface area (Å²) in [7, 11) is -3.47. The number of nitrogens with zero attached hydrogens (tertiary/aromatic N) is 1. The Bertz CT molecular complexity index is 929. The van der Waals surface area contributed by atoms with Crippen molar-refractivity contribution in [1.82, 2.24) is 0 Å². The standard InChI is InChI=1S/C18H19IN2O4S/c1-12-3-8-16-15(11-12)21(26(2,23)24)10-9-17(25-16)18(22)20-14-6-4-13(19)5-7-14/h3-8,11,17H,9-10H2,1-2H3,(H,20,22)/t17-/m0/s1. The van der Waals surface area contributed by atoms with Crippen molar-refractivity contribution in [3.8, 4) is 5.75 Å². The largest absolute Gasteiger partial charge is 0.478 e. The van der Waals surface area contributed by atoms with Gasteiger partial charge in [-0.25, -0.2) is 8.42 Å². The highest BCUT2D eigenvalue weighted by Gasteiger charge is 2.31. The SMILES string of the molecule is Cc1ccc2c(c1)N(S(C)(=O)=O)CC[C@@H](C(=O)Nc1ccc(I)cc1)O2. The molecule has 2 aromatic rings. The zero-order valence-electron chi connectivity index (χ0n) is 14.4. The lowest BCUT2D eigenvalue weighted by Crippen LogP contribution is -2.35. The molecule has 0 saturated heterocycles. The molecule has 0 aliphatic carbocycles. The molecule has 1 amide bonds. The minimum absolute atomic E-state index is 0.181. The highest BCUT2D eigenvalue weighted by atomic mass is 127. The van der Waals surface area contributed by atoms with E-state index < -0.39 is 16.1 Å². The fraction of sp³-hybridized carbons (Fsp3) is 0.278. The zero-order valence-corrected chi connectivity index (χ0v) is 17.4. The summed E-state index contributed by atoms with van der Waals surface area (Å²) in [4.78, 5) is 12.6. The van der Waals surface area contributed by atoms with Crippen molar-refractivity contribution in [1.29, 1.82) is 0 Å². The van der Waals surface area contributed by atoms with Gasteiger partial charge in [0.1, 0.15) is 5.75 Å². The fourth-order valence-electron chi connectivity index (χ4n) is 2.77. The number of amides is 1. The summed E-state index contributed by atoms with van der Waals surface area (Å²) in [5.41, 5.74) is 2.06. The number of hydrogen-bond acceptors (Lipinski definition) is 4. The number of ether oxygens (including phenoxy) is 1. The maximum Gasteiger partial charge on any atom is 0.265 e. The number of aryl methyl sites for hydroxylation is 1. The van der Waals surface area contributed by atoms with Gasteiger partial charge in [0.25, 0.3) is 5.91 Å². The molecule has 0 spiro atoms. The van der Waals surface area contributed by atoms with Crippen LogP contribution in [0.3, 0.4) is 0 Å². The van der Waals surface area contributed by atoms with Gasteiger partial charge in [-0.15, -0.1) is 0 Å². The molecule has 8 heteroatoms. The highest BCUT2D eigenvalue weighted by Crippen LogP contribution is 2.35. The average Bonchev–Trinajstić information content (AvgIpc) is 2.76. The summed E-state index contributed by atoms with van der Waals surface area (Å²) >= 11 is 2.19. The van der Waals surface area contributed by atoms with Crippen molar-refractivity contribution in [3.05, 3.63) is 51.6 Å². The fourth-order valence-corrected chi connectivity index (χ4v) is 4.07. The van der Waals surface area contributed by atoms with Gasteiger partial charge in [-0.05, 0) is 71.5 Å². The lowest BCUT2D eigenvalue weighted by atomic mass is 10.2. The smallest absolute Gasteiger partial charge is 0.265 e. The van der Waals surface area contributed by atoms with Crippen LogP contribution in [0.1, 0.15) is 12.0 Å². The molecule has 1 aliphatic rings. The van der Waals surface area contributed by atoms with Gasteiger partial charge in [-0.3, -0.25) is 9.10 Å². The third-order valence-electron chi connectivity index (χ3n) is 4.05. The average molecular weight is 486 g/mol. The summed E-state index contributed by atoms with van der Waals surface area (Å²) in [6, 6.07) is 12.7. The predicted octanol–water partition coefficient (Wildman–Crippen LogP) is 3.16. The molecule has 0 fully saturated rings. The van der Waals surface area contributed by atoms with Gasteiger partial charge < -0.3 is 10.1 Å². The number of halogens is 1. The van der Waals surface area contributed by atoms with E-state index in [9.17, 15) is 13.2 Å². The predicted molar refractivity (Wildman–Crippen MR) is 110 cm³/mol. The van der Waals surface area contributed by atoms with Gasteiger partial charge in [0.15, 0.2) is 6.10 Å². The maximum atomic E-state index is 12.6. The first-order valence-electron chi connectivity index (χ1n) is 8.05. The van der Waals surface area contributed by atoms with Gasteiger partial charge in [0.2, 0.25) is 10.0 Å². The molecular formula is C18H19IN2O4S. The Morgan fingerprint density at radius 2 is 1.92 bits per heavy atom. The van der Waals surface area contributed by atoms with Crippen LogP contribution in [0.15, 0.2) is 42.5 Å². The second kappa shape index (κ2) is 7.43. The number of benzene rings is 2. The van der Waals surface area contributed by atoms with Crippen LogP contribution in [-0.2, 0) is 14.8 Å². The highest BCUT2D eigenvalue weighted by molar-refractivity contribution is 14.1. The number of carbonyl (C=O) groups excluding carboxylic acids is 1. The van der Waals surface area contributed by atoms with Crippen LogP contribution in [0.25, 0.3) is 0 Å². The van der Waals surface area contributed by atoms with Gasteiger partial charge >= 0.3 is 0 Å². The van der Waals surface area contributed by atoms with E-state index in [-0.39, 0.29) is 18.9 Å². The second-order valence-electron chi connectivity index (χ2n) is 6.20. The van der Waals surface area contributed by atoms with E-state index in [0.717, 1.165) is 15.4 Å². The van der Waals surface area contributed by atoms with Crippen LogP contribution in [-0.4, -0.2) is 33.2 Å². The molecule has 3 rings (SSSR count). The van der Waals surface area contributed by atoms with E-state index in [1.165, 1.54) is 4.31 Å². The number of hydrogen-bond donors (Lipinski definition) is 1. The first-order valence-corrected chi connectivity index (χ1v) is 11.0. The molecule has 138 valence electrons. The maximum absolute atomic E-state index is 12.6. The van der Waals surface area contributed by atoms with Crippen LogP contribution >= 0.6 is 22.6 Å². The molecule has 1 N–H and O–H groups in total. The second-order valence-corrected chi connectivity index (χ2v) is 9.35. The third kappa shape index (κ3) is 4.29. The lowest BCUT2D eigenvalue weighted by molar-refractivity contribution is -0.122. The molecule has 0 unspecified atom stereocenters. The minimum atomic E-state index is -3.47. The molecule has 1 aliphatic heterocycles. The molecule has 2 aromatic carbocycles. The number of anilines is 2. The zero-order chi connectivity index (χ0) is 18.9. The topological polar surface area (TPSA) is 75.7 Å². The lowest BCUT2D eigenvalue weighted by Gasteiger charge is -2.21. The Hall–Kier alpha value is -1.81. The van der Waals surface area contributed by atoms with Crippen molar-refractivity contribution in [2.45, 2.75) is 19.4 Å². The van der Waals surface area contributed by atoms with Crippen molar-refractivity contribution < 1.29 is 17.9 Å². The van der Waals surface area contributed by atoms with E-state index in [4.69, 9.17) is 4.74 Å². The summed E-state index contributed by atoms with van der Waals surface area (Å²) in [6.45, 7) is 2.06. The number of carbonyl (C=O) groups is 1. The molecule has 1 atom stereocenters. The Morgan fingerprint density at radius 3 is 2.58 bits per heavy atom. The minimum Gasteiger partial charge on any atom is -0.478 e. The van der Waals surface area contributed by atoms with Gasteiger partial charge in [-0.1, -0.05) is 6.07 Å². The Kier molecular flexibility index (Phi) is 5.42. The third-order valence-corrected chi connectivity index (χ3v) is 5.95. The van der Waals surface area contributed by atoms with E-state index in [1.54, 1.807) is 12.1 Å². The molecular weight excluding hydrogens is 467 g/mol. The van der Waals surface area contributed by atoms with Crippen molar-refractivity contribution in [2.24, 2.45) is 0 Å². The van der Waals surface area contributed by atoms with Gasteiger partial charge in [-0.2, -0.15) is 0 Å². The van der Waals surface area contributed by atoms with E-state index in [2.05, 4.69) is 27.9 Å². The van der Waals surface area contributed by atoms with E-state index >= 15 is 0 Å². The summed E-state index contributed by atoms with van der Waals surface area (Å²) in [6.07, 6.45) is 0.643. The number of nitrogens with one attached hydrogen (secondary N) is 1. The van der Waals surface area contributed by atoms with Gasteiger partial charge in [0, 0.05) is 22.2 Å². The van der Waals surface area contributed by atoms with Gasteiger partial charge in [0.05, 0.1) is 11.9 Å². The number of rotatable bonds is 3. The number of sulfonamides is 1. The molecule has 0 aromatic heterocycles. The van der Waals surface area contributed by atoms with Crippen LogP contribution in [0, 0.1) is 10.5 Å². The molecule has 0 saturated carbocycles. The molecule has 0 radical (unpaired) electrons. The first-order chi connectivity index (χ1) is 12.2. The van der Waals surface area contributed by atoms with Crippen LogP contribution in [0.5, 0.6) is 5.75 Å². The van der Waals surface area contributed by atoms with Crippen molar-refractivity contribution in [2.75, 3.05) is 22.4 Å². The number of fused-ring (bicyclic) bond motifs is 1. The normalized spacial score (nSPS) is 17.0. The Morgan fingerprint density at radius 1 is 1.23 bits per heavy atom. The molecule has 0 bridgehead atoms. The molecule has 1 heterocycles. The van der Waals surface area contributed by atoms with Crippen LogP contribution in [0.2, 0.25) is 0 Å².